The Morgan fingerprint density at radius 3 is 2.94 bits per heavy atom. The second kappa shape index (κ2) is 6.91. The molecule has 4 nitrogen and oxygen atoms in total. The Bertz CT molecular complexity index is 365. The lowest BCUT2D eigenvalue weighted by Crippen LogP contribution is -2.29. The smallest absolute Gasteiger partial charge is 0.251 e. The van der Waals surface area contributed by atoms with Gasteiger partial charge in [-0.1, -0.05) is 13.0 Å². The molecule has 4 heteroatoms. The van der Waals surface area contributed by atoms with Gasteiger partial charge < -0.3 is 15.2 Å². The molecule has 0 saturated carbocycles. The molecule has 1 aromatic rings. The number of benzene rings is 1. The summed E-state index contributed by atoms with van der Waals surface area (Å²) in [5, 5.41) is 11.6. The molecule has 1 unspecified atom stereocenters. The van der Waals surface area contributed by atoms with Crippen LogP contribution < -0.4 is 10.1 Å². The molecule has 2 N–H and O–H groups in total. The first-order chi connectivity index (χ1) is 8.17. The number of hydrogen-bond acceptors (Lipinski definition) is 3. The molecule has 0 radical (unpaired) electrons. The van der Waals surface area contributed by atoms with E-state index in [1.165, 1.54) is 0 Å². The van der Waals surface area contributed by atoms with Gasteiger partial charge in [-0.2, -0.15) is 0 Å². The SMILES string of the molecule is CCOc1cccc(C(=O)NCC(C)CO)c1. The van der Waals surface area contributed by atoms with Crippen LogP contribution in [0.5, 0.6) is 5.75 Å². The maximum Gasteiger partial charge on any atom is 0.251 e. The van der Waals surface area contributed by atoms with Crippen molar-refractivity contribution in [3.63, 3.8) is 0 Å². The van der Waals surface area contributed by atoms with Crippen LogP contribution in [0.3, 0.4) is 0 Å². The highest BCUT2D eigenvalue weighted by molar-refractivity contribution is 5.94. The Labute approximate surface area is 102 Å². The summed E-state index contributed by atoms with van der Waals surface area (Å²) in [5.74, 6) is 0.608. The van der Waals surface area contributed by atoms with Crippen molar-refractivity contribution in [2.24, 2.45) is 5.92 Å². The Kier molecular flexibility index (Phi) is 5.49. The van der Waals surface area contributed by atoms with Crippen molar-refractivity contribution in [2.75, 3.05) is 19.8 Å². The van der Waals surface area contributed by atoms with E-state index in [4.69, 9.17) is 9.84 Å². The lowest BCUT2D eigenvalue weighted by Gasteiger charge is -2.10. The molecular weight excluding hydrogens is 218 g/mol. The van der Waals surface area contributed by atoms with Crippen LogP contribution in [0.15, 0.2) is 24.3 Å². The van der Waals surface area contributed by atoms with Gasteiger partial charge in [0.2, 0.25) is 0 Å². The molecular formula is C13H19NO3. The maximum absolute atomic E-state index is 11.8. The van der Waals surface area contributed by atoms with Gasteiger partial charge >= 0.3 is 0 Å². The van der Waals surface area contributed by atoms with Crippen LogP contribution in [0, 0.1) is 5.92 Å². The van der Waals surface area contributed by atoms with Crippen LogP contribution >= 0.6 is 0 Å². The van der Waals surface area contributed by atoms with Crippen molar-refractivity contribution in [1.82, 2.24) is 5.32 Å². The minimum absolute atomic E-state index is 0.0639. The summed E-state index contributed by atoms with van der Waals surface area (Å²) in [6.07, 6.45) is 0. The van der Waals surface area contributed by atoms with Crippen molar-refractivity contribution >= 4 is 5.91 Å². The number of aliphatic hydroxyl groups is 1. The van der Waals surface area contributed by atoms with E-state index in [2.05, 4.69) is 5.32 Å². The van der Waals surface area contributed by atoms with Crippen LogP contribution in [0.2, 0.25) is 0 Å². The molecule has 1 aromatic carbocycles. The normalized spacial score (nSPS) is 11.9. The second-order valence-electron chi connectivity index (χ2n) is 3.96. The van der Waals surface area contributed by atoms with Crippen molar-refractivity contribution in [2.45, 2.75) is 13.8 Å². The standard InChI is InChI=1S/C13H19NO3/c1-3-17-12-6-4-5-11(7-12)13(16)14-8-10(2)9-15/h4-7,10,15H,3,8-9H2,1-2H3,(H,14,16). The molecule has 0 aliphatic rings. The molecule has 0 bridgehead atoms. The first-order valence-electron chi connectivity index (χ1n) is 5.79. The Morgan fingerprint density at radius 2 is 2.29 bits per heavy atom. The van der Waals surface area contributed by atoms with Crippen molar-refractivity contribution < 1.29 is 14.6 Å². The van der Waals surface area contributed by atoms with Crippen LogP contribution in [-0.4, -0.2) is 30.8 Å². The van der Waals surface area contributed by atoms with E-state index < -0.39 is 0 Å². The number of hydrogen-bond donors (Lipinski definition) is 2. The second-order valence-corrected chi connectivity index (χ2v) is 3.96. The Hall–Kier alpha value is -1.55. The quantitative estimate of drug-likeness (QED) is 0.787. The van der Waals surface area contributed by atoms with Crippen molar-refractivity contribution in [3.05, 3.63) is 29.8 Å². The summed E-state index contributed by atoms with van der Waals surface area (Å²) in [6.45, 7) is 4.88. The number of amides is 1. The van der Waals surface area contributed by atoms with E-state index in [1.807, 2.05) is 19.9 Å². The number of nitrogens with one attached hydrogen (secondary N) is 1. The highest BCUT2D eigenvalue weighted by Crippen LogP contribution is 2.13. The van der Waals surface area contributed by atoms with E-state index in [-0.39, 0.29) is 18.4 Å². The third-order valence-electron chi connectivity index (χ3n) is 2.33. The molecule has 1 rings (SSSR count). The zero-order valence-corrected chi connectivity index (χ0v) is 10.3. The van der Waals surface area contributed by atoms with E-state index >= 15 is 0 Å². The predicted octanol–water partition coefficient (Wildman–Crippen LogP) is 1.44. The molecule has 1 atom stereocenters. The van der Waals surface area contributed by atoms with Gasteiger partial charge in [0.1, 0.15) is 5.75 Å². The van der Waals surface area contributed by atoms with Crippen LogP contribution in [0.4, 0.5) is 0 Å². The largest absolute Gasteiger partial charge is 0.494 e. The molecule has 1 amide bonds. The highest BCUT2D eigenvalue weighted by Gasteiger charge is 2.08. The van der Waals surface area contributed by atoms with Gasteiger partial charge in [0, 0.05) is 18.7 Å². The van der Waals surface area contributed by atoms with E-state index in [0.717, 1.165) is 0 Å². The summed E-state index contributed by atoms with van der Waals surface area (Å²) in [5.41, 5.74) is 0.570. The van der Waals surface area contributed by atoms with E-state index in [9.17, 15) is 4.79 Å². The molecule has 0 aliphatic heterocycles. The summed E-state index contributed by atoms with van der Waals surface area (Å²) in [4.78, 5) is 11.8. The van der Waals surface area contributed by atoms with Gasteiger partial charge in [0.25, 0.3) is 5.91 Å². The molecule has 94 valence electrons. The monoisotopic (exact) mass is 237 g/mol. The van der Waals surface area contributed by atoms with Gasteiger partial charge in [-0.25, -0.2) is 0 Å². The van der Waals surface area contributed by atoms with E-state index in [0.29, 0.717) is 24.5 Å². The molecule has 0 fully saturated rings. The molecule has 0 heterocycles. The van der Waals surface area contributed by atoms with Crippen molar-refractivity contribution in [1.29, 1.82) is 0 Å². The minimum Gasteiger partial charge on any atom is -0.494 e. The average Bonchev–Trinajstić information content (AvgIpc) is 2.36. The molecule has 0 spiro atoms. The lowest BCUT2D eigenvalue weighted by atomic mass is 10.1. The number of carbonyl (C=O) groups is 1. The fraction of sp³-hybridized carbons (Fsp3) is 0.462. The third kappa shape index (κ3) is 4.44. The fourth-order valence-electron chi connectivity index (χ4n) is 1.33. The summed E-state index contributed by atoms with van der Waals surface area (Å²) in [6, 6.07) is 7.05. The zero-order chi connectivity index (χ0) is 12.7. The van der Waals surface area contributed by atoms with Gasteiger partial charge in [0.05, 0.1) is 6.61 Å². The summed E-state index contributed by atoms with van der Waals surface area (Å²) < 4.78 is 5.32. The van der Waals surface area contributed by atoms with Gasteiger partial charge in [-0.15, -0.1) is 0 Å². The number of aliphatic hydroxyl groups excluding tert-OH is 1. The molecule has 0 saturated heterocycles. The Morgan fingerprint density at radius 1 is 1.53 bits per heavy atom. The number of rotatable bonds is 6. The van der Waals surface area contributed by atoms with Gasteiger partial charge in [-0.3, -0.25) is 4.79 Å². The first-order valence-corrected chi connectivity index (χ1v) is 5.79. The third-order valence-corrected chi connectivity index (χ3v) is 2.33. The molecule has 0 aliphatic carbocycles. The fourth-order valence-corrected chi connectivity index (χ4v) is 1.33. The van der Waals surface area contributed by atoms with Gasteiger partial charge in [0.15, 0.2) is 0 Å². The summed E-state index contributed by atoms with van der Waals surface area (Å²) in [7, 11) is 0. The zero-order valence-electron chi connectivity index (χ0n) is 10.3. The van der Waals surface area contributed by atoms with Gasteiger partial charge in [-0.05, 0) is 31.0 Å². The highest BCUT2D eigenvalue weighted by atomic mass is 16.5. The van der Waals surface area contributed by atoms with Crippen molar-refractivity contribution in [3.8, 4) is 5.75 Å². The average molecular weight is 237 g/mol. The van der Waals surface area contributed by atoms with Crippen LogP contribution in [0.25, 0.3) is 0 Å². The first kappa shape index (κ1) is 13.5. The summed E-state index contributed by atoms with van der Waals surface area (Å²) >= 11 is 0. The van der Waals surface area contributed by atoms with E-state index in [1.54, 1.807) is 18.2 Å². The Balaban J connectivity index is 2.59. The molecule has 17 heavy (non-hydrogen) atoms. The van der Waals surface area contributed by atoms with Crippen LogP contribution in [-0.2, 0) is 0 Å². The van der Waals surface area contributed by atoms with Crippen LogP contribution in [0.1, 0.15) is 24.2 Å². The number of ether oxygens (including phenoxy) is 1. The number of carbonyl (C=O) groups excluding carboxylic acids is 1. The minimum atomic E-state index is -0.146. The maximum atomic E-state index is 11.8. The lowest BCUT2D eigenvalue weighted by molar-refractivity contribution is 0.0942. The molecule has 0 aromatic heterocycles. The predicted molar refractivity (Wildman–Crippen MR) is 66.2 cm³/mol. The topological polar surface area (TPSA) is 58.6 Å².